The zero-order chi connectivity index (χ0) is 7.61. The number of nitrogens with two attached hydrogens (primary N) is 1. The Bertz CT molecular complexity index is 195. The Morgan fingerprint density at radius 1 is 1.60 bits per heavy atom. The van der Waals surface area contributed by atoms with E-state index in [2.05, 4.69) is 5.32 Å². The van der Waals surface area contributed by atoms with Crippen LogP contribution in [-0.2, 0) is 10.0 Å². The van der Waals surface area contributed by atoms with Gasteiger partial charge in [-0.15, -0.1) is 11.8 Å². The number of hydrogen-bond donors (Lipinski definition) is 2. The fourth-order valence-electron chi connectivity index (χ4n) is 0.752. The summed E-state index contributed by atoms with van der Waals surface area (Å²) in [6, 6.07) is 0. The summed E-state index contributed by atoms with van der Waals surface area (Å²) < 4.78 is 21.0. The predicted octanol–water partition coefficient (Wildman–Crippen LogP) is -1.06. The summed E-state index contributed by atoms with van der Waals surface area (Å²) in [6.07, 6.45) is 0. The molecule has 0 aromatic rings. The molecule has 0 spiro atoms. The first-order valence-electron chi connectivity index (χ1n) is 2.94. The minimum atomic E-state index is -3.33. The molecule has 1 atom stereocenters. The molecule has 0 aliphatic carbocycles. The van der Waals surface area contributed by atoms with E-state index in [0.29, 0.717) is 6.54 Å². The van der Waals surface area contributed by atoms with Gasteiger partial charge in [-0.2, -0.15) is 0 Å². The van der Waals surface area contributed by atoms with Crippen LogP contribution in [0.3, 0.4) is 0 Å². The van der Waals surface area contributed by atoms with E-state index >= 15 is 0 Å². The lowest BCUT2D eigenvalue weighted by Crippen LogP contribution is -2.40. The van der Waals surface area contributed by atoms with Crippen LogP contribution in [-0.4, -0.2) is 31.8 Å². The molecule has 0 aromatic heterocycles. The van der Waals surface area contributed by atoms with E-state index in [9.17, 15) is 8.42 Å². The zero-order valence-electron chi connectivity index (χ0n) is 5.41. The first-order valence-corrected chi connectivity index (χ1v) is 5.60. The maximum Gasteiger partial charge on any atom is 0.222 e. The van der Waals surface area contributed by atoms with E-state index in [1.807, 2.05) is 0 Å². The maximum atomic E-state index is 10.7. The average molecular weight is 182 g/mol. The maximum absolute atomic E-state index is 10.7. The molecule has 0 aromatic carbocycles. The van der Waals surface area contributed by atoms with E-state index in [4.69, 9.17) is 5.14 Å². The summed E-state index contributed by atoms with van der Waals surface area (Å²) in [4.78, 5) is 0. The van der Waals surface area contributed by atoms with Gasteiger partial charge >= 0.3 is 0 Å². The first kappa shape index (κ1) is 8.32. The SMILES string of the molecule is NS(=O)(=O)C1CNCCS1. The second-order valence-electron chi connectivity index (χ2n) is 2.09. The Balaban J connectivity index is 2.56. The van der Waals surface area contributed by atoms with Crippen molar-refractivity contribution >= 4 is 21.8 Å². The molecule has 0 saturated carbocycles. The van der Waals surface area contributed by atoms with Crippen molar-refractivity contribution in [2.45, 2.75) is 4.58 Å². The predicted molar refractivity (Wildman–Crippen MR) is 42.2 cm³/mol. The molecule has 4 nitrogen and oxygen atoms in total. The van der Waals surface area contributed by atoms with Gasteiger partial charge in [0.15, 0.2) is 0 Å². The molecule has 6 heteroatoms. The average Bonchev–Trinajstić information content (AvgIpc) is 1.88. The van der Waals surface area contributed by atoms with Gasteiger partial charge in [-0.1, -0.05) is 0 Å². The summed E-state index contributed by atoms with van der Waals surface area (Å²) in [6.45, 7) is 1.35. The van der Waals surface area contributed by atoms with E-state index in [0.717, 1.165) is 12.3 Å². The fourth-order valence-corrected chi connectivity index (χ4v) is 2.91. The lowest BCUT2D eigenvalue weighted by Gasteiger charge is -2.19. The zero-order valence-corrected chi connectivity index (χ0v) is 7.04. The summed E-state index contributed by atoms with van der Waals surface area (Å²) in [5.41, 5.74) is 0. The number of thioether (sulfide) groups is 1. The van der Waals surface area contributed by atoms with Crippen molar-refractivity contribution in [1.82, 2.24) is 5.32 Å². The highest BCUT2D eigenvalue weighted by Gasteiger charge is 2.23. The van der Waals surface area contributed by atoms with Crippen LogP contribution >= 0.6 is 11.8 Å². The largest absolute Gasteiger partial charge is 0.314 e. The number of sulfonamides is 1. The highest BCUT2D eigenvalue weighted by atomic mass is 32.3. The number of primary sulfonamides is 1. The molecule has 1 aliphatic heterocycles. The van der Waals surface area contributed by atoms with Crippen molar-refractivity contribution in [3.05, 3.63) is 0 Å². The molecule has 1 saturated heterocycles. The molecular weight excluding hydrogens is 172 g/mol. The van der Waals surface area contributed by atoms with Crippen LogP contribution in [0.25, 0.3) is 0 Å². The second kappa shape index (κ2) is 3.08. The molecular formula is C4H10N2O2S2. The molecule has 1 rings (SSSR count). The number of hydrogen-bond acceptors (Lipinski definition) is 4. The van der Waals surface area contributed by atoms with E-state index in [1.165, 1.54) is 11.8 Å². The smallest absolute Gasteiger partial charge is 0.222 e. The third-order valence-corrected chi connectivity index (χ3v) is 4.35. The summed E-state index contributed by atoms with van der Waals surface area (Å²) in [5.74, 6) is 0.821. The van der Waals surface area contributed by atoms with Crippen molar-refractivity contribution in [1.29, 1.82) is 0 Å². The topological polar surface area (TPSA) is 72.2 Å². The van der Waals surface area contributed by atoms with Gasteiger partial charge in [-0.25, -0.2) is 13.6 Å². The van der Waals surface area contributed by atoms with Gasteiger partial charge in [0.05, 0.1) is 0 Å². The standard InChI is InChI=1S/C4H10N2O2S2/c5-10(7,8)4-3-6-1-2-9-4/h4,6H,1-3H2,(H2,5,7,8). The highest BCUT2D eigenvalue weighted by molar-refractivity contribution is 8.12. The molecule has 0 amide bonds. The molecule has 1 unspecified atom stereocenters. The Labute approximate surface area is 64.6 Å². The Morgan fingerprint density at radius 2 is 2.30 bits per heavy atom. The van der Waals surface area contributed by atoms with Crippen LogP contribution < -0.4 is 10.5 Å². The Kier molecular flexibility index (Phi) is 2.56. The third kappa shape index (κ3) is 2.12. The van der Waals surface area contributed by atoms with Gasteiger partial charge in [-0.3, -0.25) is 0 Å². The third-order valence-electron chi connectivity index (χ3n) is 1.26. The van der Waals surface area contributed by atoms with Crippen molar-refractivity contribution in [3.63, 3.8) is 0 Å². The van der Waals surface area contributed by atoms with E-state index < -0.39 is 14.6 Å². The lowest BCUT2D eigenvalue weighted by atomic mass is 10.6. The Hall–Kier alpha value is 0.220. The number of nitrogens with one attached hydrogen (secondary N) is 1. The van der Waals surface area contributed by atoms with E-state index in [-0.39, 0.29) is 0 Å². The van der Waals surface area contributed by atoms with Crippen LogP contribution in [0.5, 0.6) is 0 Å². The van der Waals surface area contributed by atoms with E-state index in [1.54, 1.807) is 0 Å². The normalized spacial score (nSPS) is 28.3. The van der Waals surface area contributed by atoms with Gasteiger partial charge in [0.25, 0.3) is 0 Å². The molecule has 0 bridgehead atoms. The summed E-state index contributed by atoms with van der Waals surface area (Å²) >= 11 is 1.39. The minimum Gasteiger partial charge on any atom is -0.314 e. The molecule has 60 valence electrons. The molecule has 1 aliphatic rings. The summed E-state index contributed by atoms with van der Waals surface area (Å²) in [7, 11) is -3.33. The lowest BCUT2D eigenvalue weighted by molar-refractivity contribution is 0.588. The summed E-state index contributed by atoms with van der Waals surface area (Å²) in [5, 5.41) is 7.88. The van der Waals surface area contributed by atoms with Gasteiger partial charge in [-0.05, 0) is 0 Å². The van der Waals surface area contributed by atoms with Crippen LogP contribution in [0.2, 0.25) is 0 Å². The molecule has 1 fully saturated rings. The van der Waals surface area contributed by atoms with Gasteiger partial charge in [0, 0.05) is 18.8 Å². The van der Waals surface area contributed by atoms with Gasteiger partial charge in [0.2, 0.25) is 10.0 Å². The monoisotopic (exact) mass is 182 g/mol. The van der Waals surface area contributed by atoms with Crippen molar-refractivity contribution in [2.75, 3.05) is 18.8 Å². The van der Waals surface area contributed by atoms with Crippen LogP contribution in [0.1, 0.15) is 0 Å². The highest BCUT2D eigenvalue weighted by Crippen LogP contribution is 2.16. The van der Waals surface area contributed by atoms with Gasteiger partial charge in [0.1, 0.15) is 4.58 Å². The minimum absolute atomic E-state index is 0.443. The van der Waals surface area contributed by atoms with Gasteiger partial charge < -0.3 is 5.32 Å². The van der Waals surface area contributed by atoms with Crippen LogP contribution in [0.4, 0.5) is 0 Å². The van der Waals surface area contributed by atoms with Crippen LogP contribution in [0.15, 0.2) is 0 Å². The Morgan fingerprint density at radius 3 is 2.60 bits per heavy atom. The molecule has 3 N–H and O–H groups in total. The second-order valence-corrected chi connectivity index (χ2v) is 5.45. The van der Waals surface area contributed by atoms with Crippen molar-refractivity contribution in [3.8, 4) is 0 Å². The first-order chi connectivity index (χ1) is 4.61. The van der Waals surface area contributed by atoms with Crippen molar-refractivity contribution in [2.24, 2.45) is 5.14 Å². The molecule has 10 heavy (non-hydrogen) atoms. The van der Waals surface area contributed by atoms with Crippen molar-refractivity contribution < 1.29 is 8.42 Å². The fraction of sp³-hybridized carbons (Fsp3) is 1.00. The molecule has 0 radical (unpaired) electrons. The molecule has 1 heterocycles. The quantitative estimate of drug-likeness (QED) is 0.542. The number of rotatable bonds is 1. The van der Waals surface area contributed by atoms with Crippen LogP contribution in [0, 0.1) is 0 Å².